The summed E-state index contributed by atoms with van der Waals surface area (Å²) in [7, 11) is 1.24. The second-order valence-corrected chi connectivity index (χ2v) is 4.02. The van der Waals surface area contributed by atoms with Gasteiger partial charge in [-0.2, -0.15) is 13.2 Å². The van der Waals surface area contributed by atoms with E-state index in [2.05, 4.69) is 0 Å². The second kappa shape index (κ2) is 5.76. The third-order valence-electron chi connectivity index (χ3n) is 2.57. The van der Waals surface area contributed by atoms with Gasteiger partial charge in [0.25, 0.3) is 0 Å². The van der Waals surface area contributed by atoms with Crippen molar-refractivity contribution in [3.8, 4) is 0 Å². The largest absolute Gasteiger partial charge is 0.477 e. The molecule has 0 atom stereocenters. The number of para-hydroxylation sites is 1. The van der Waals surface area contributed by atoms with Crippen molar-refractivity contribution in [2.75, 3.05) is 18.5 Å². The molecule has 0 amide bonds. The molecule has 0 spiro atoms. The maximum atomic E-state index is 12.1. The van der Waals surface area contributed by atoms with Gasteiger partial charge in [-0.3, -0.25) is 10.1 Å². The Balaban J connectivity index is 3.14. The third kappa shape index (κ3) is 3.84. The van der Waals surface area contributed by atoms with E-state index in [1.54, 1.807) is 0 Å². The van der Waals surface area contributed by atoms with Crippen LogP contribution in [-0.4, -0.2) is 35.8 Å². The Morgan fingerprint density at radius 3 is 2.50 bits per heavy atom. The maximum absolute atomic E-state index is 12.1. The van der Waals surface area contributed by atoms with Crippen molar-refractivity contribution in [3.05, 3.63) is 33.9 Å². The minimum atomic E-state index is -4.40. The van der Waals surface area contributed by atoms with E-state index in [0.717, 1.165) is 11.0 Å². The zero-order chi connectivity index (χ0) is 15.5. The highest BCUT2D eigenvalue weighted by Crippen LogP contribution is 2.32. The van der Waals surface area contributed by atoms with Crippen LogP contribution < -0.4 is 4.90 Å². The average molecular weight is 292 g/mol. The molecule has 0 aromatic heterocycles. The standard InChI is InChI=1S/C11H11F3N2O4/c1-15(6-5-11(12,13)14)8-4-2-3-7(10(17)18)9(8)16(19)20/h2-4H,5-6H2,1H3,(H,17,18). The second-order valence-electron chi connectivity index (χ2n) is 4.02. The molecule has 0 bridgehead atoms. The van der Waals surface area contributed by atoms with Crippen molar-refractivity contribution in [2.24, 2.45) is 0 Å². The summed E-state index contributed by atoms with van der Waals surface area (Å²) >= 11 is 0. The van der Waals surface area contributed by atoms with Crippen molar-refractivity contribution in [2.45, 2.75) is 12.6 Å². The third-order valence-corrected chi connectivity index (χ3v) is 2.57. The van der Waals surface area contributed by atoms with E-state index in [-0.39, 0.29) is 5.69 Å². The molecule has 0 aliphatic heterocycles. The van der Waals surface area contributed by atoms with Crippen LogP contribution >= 0.6 is 0 Å². The first-order chi connectivity index (χ1) is 9.13. The lowest BCUT2D eigenvalue weighted by Gasteiger charge is -2.20. The number of benzene rings is 1. The van der Waals surface area contributed by atoms with Crippen LogP contribution in [-0.2, 0) is 0 Å². The number of hydrogen-bond donors (Lipinski definition) is 1. The van der Waals surface area contributed by atoms with Crippen molar-refractivity contribution < 1.29 is 28.0 Å². The number of rotatable bonds is 5. The van der Waals surface area contributed by atoms with Crippen LogP contribution in [0.25, 0.3) is 0 Å². The smallest absolute Gasteiger partial charge is 0.390 e. The molecule has 0 aliphatic carbocycles. The Morgan fingerprint density at radius 2 is 2.05 bits per heavy atom. The molecule has 0 unspecified atom stereocenters. The number of carboxylic acid groups (broad SMARTS) is 1. The zero-order valence-corrected chi connectivity index (χ0v) is 10.3. The summed E-state index contributed by atoms with van der Waals surface area (Å²) in [6.07, 6.45) is -5.55. The van der Waals surface area contributed by atoms with Crippen LogP contribution in [0.1, 0.15) is 16.8 Å². The molecule has 0 aliphatic rings. The summed E-state index contributed by atoms with van der Waals surface area (Å²) in [6.45, 7) is -0.507. The first-order valence-electron chi connectivity index (χ1n) is 5.42. The fourth-order valence-corrected chi connectivity index (χ4v) is 1.62. The van der Waals surface area contributed by atoms with Gasteiger partial charge in [-0.05, 0) is 12.1 Å². The Kier molecular flexibility index (Phi) is 4.53. The topological polar surface area (TPSA) is 83.7 Å². The normalized spacial score (nSPS) is 11.2. The highest BCUT2D eigenvalue weighted by atomic mass is 19.4. The number of carbonyl (C=O) groups is 1. The van der Waals surface area contributed by atoms with Gasteiger partial charge in [0.05, 0.1) is 11.3 Å². The highest BCUT2D eigenvalue weighted by molar-refractivity contribution is 5.95. The Hall–Kier alpha value is -2.32. The molecule has 0 radical (unpaired) electrons. The van der Waals surface area contributed by atoms with Crippen molar-refractivity contribution in [3.63, 3.8) is 0 Å². The summed E-state index contributed by atoms with van der Waals surface area (Å²) in [5.41, 5.74) is -1.45. The van der Waals surface area contributed by atoms with E-state index < -0.39 is 41.3 Å². The fraction of sp³-hybridized carbons (Fsp3) is 0.364. The Labute approximate surface area is 111 Å². The molecule has 1 rings (SSSR count). The molecule has 0 saturated carbocycles. The van der Waals surface area contributed by atoms with Gasteiger partial charge in [0, 0.05) is 13.6 Å². The molecular formula is C11H11F3N2O4. The lowest BCUT2D eigenvalue weighted by Crippen LogP contribution is -2.25. The Morgan fingerprint density at radius 1 is 1.45 bits per heavy atom. The molecular weight excluding hydrogens is 281 g/mol. The maximum Gasteiger partial charge on any atom is 0.390 e. The monoisotopic (exact) mass is 292 g/mol. The Bertz CT molecular complexity index is 531. The van der Waals surface area contributed by atoms with E-state index in [1.165, 1.54) is 19.2 Å². The van der Waals surface area contributed by atoms with Gasteiger partial charge in [0.15, 0.2) is 0 Å². The highest BCUT2D eigenvalue weighted by Gasteiger charge is 2.30. The SMILES string of the molecule is CN(CCC(F)(F)F)c1cccc(C(=O)O)c1[N+](=O)[O-]. The number of anilines is 1. The van der Waals surface area contributed by atoms with Crippen molar-refractivity contribution in [1.29, 1.82) is 0 Å². The molecule has 9 heteroatoms. The predicted octanol–water partition coefficient (Wildman–Crippen LogP) is 2.68. The van der Waals surface area contributed by atoms with E-state index in [1.807, 2.05) is 0 Å². The number of nitrogens with zero attached hydrogens (tertiary/aromatic N) is 2. The van der Waals surface area contributed by atoms with Gasteiger partial charge in [-0.25, -0.2) is 4.79 Å². The molecule has 0 heterocycles. The van der Waals surface area contributed by atoms with E-state index in [0.29, 0.717) is 0 Å². The molecule has 6 nitrogen and oxygen atoms in total. The van der Waals surface area contributed by atoms with Gasteiger partial charge in [0.1, 0.15) is 11.3 Å². The predicted molar refractivity (Wildman–Crippen MR) is 64.0 cm³/mol. The summed E-state index contributed by atoms with van der Waals surface area (Å²) in [5.74, 6) is -1.51. The average Bonchev–Trinajstić information content (AvgIpc) is 2.33. The fourth-order valence-electron chi connectivity index (χ4n) is 1.62. The van der Waals surface area contributed by atoms with Gasteiger partial charge in [-0.15, -0.1) is 0 Å². The van der Waals surface area contributed by atoms with Crippen LogP contribution in [0, 0.1) is 10.1 Å². The molecule has 1 N–H and O–H groups in total. The summed E-state index contributed by atoms with van der Waals surface area (Å²) in [5, 5.41) is 19.8. The molecule has 1 aromatic carbocycles. The number of halogens is 3. The molecule has 20 heavy (non-hydrogen) atoms. The van der Waals surface area contributed by atoms with Crippen LogP contribution in [0.15, 0.2) is 18.2 Å². The number of nitro groups is 1. The summed E-state index contributed by atoms with van der Waals surface area (Å²) < 4.78 is 36.4. The first kappa shape index (κ1) is 15.7. The summed E-state index contributed by atoms with van der Waals surface area (Å²) in [6, 6.07) is 3.48. The number of nitro benzene ring substituents is 1. The van der Waals surface area contributed by atoms with Crippen LogP contribution in [0.3, 0.4) is 0 Å². The number of hydrogen-bond acceptors (Lipinski definition) is 4. The molecule has 0 fully saturated rings. The van der Waals surface area contributed by atoms with Gasteiger partial charge in [0.2, 0.25) is 0 Å². The quantitative estimate of drug-likeness (QED) is 0.666. The lowest BCUT2D eigenvalue weighted by molar-refractivity contribution is -0.384. The summed E-state index contributed by atoms with van der Waals surface area (Å²) in [4.78, 5) is 22.0. The molecule has 110 valence electrons. The molecule has 1 aromatic rings. The van der Waals surface area contributed by atoms with E-state index in [9.17, 15) is 28.1 Å². The zero-order valence-electron chi connectivity index (χ0n) is 10.3. The van der Waals surface area contributed by atoms with Crippen LogP contribution in [0.4, 0.5) is 24.5 Å². The minimum absolute atomic E-state index is 0.167. The van der Waals surface area contributed by atoms with Gasteiger partial charge in [-0.1, -0.05) is 6.07 Å². The van der Waals surface area contributed by atoms with Crippen LogP contribution in [0.5, 0.6) is 0 Å². The minimum Gasteiger partial charge on any atom is -0.477 e. The number of carboxylic acids is 1. The van der Waals surface area contributed by atoms with Gasteiger partial charge >= 0.3 is 17.8 Å². The van der Waals surface area contributed by atoms with Gasteiger partial charge < -0.3 is 10.0 Å². The van der Waals surface area contributed by atoms with E-state index in [4.69, 9.17) is 5.11 Å². The molecule has 0 saturated heterocycles. The first-order valence-corrected chi connectivity index (χ1v) is 5.42. The van der Waals surface area contributed by atoms with Crippen molar-refractivity contribution >= 4 is 17.3 Å². The lowest BCUT2D eigenvalue weighted by atomic mass is 10.1. The number of alkyl halides is 3. The van der Waals surface area contributed by atoms with Crippen molar-refractivity contribution in [1.82, 2.24) is 0 Å². The van der Waals surface area contributed by atoms with Crippen LogP contribution in [0.2, 0.25) is 0 Å². The number of aromatic carboxylic acids is 1. The van der Waals surface area contributed by atoms with E-state index >= 15 is 0 Å².